The lowest BCUT2D eigenvalue weighted by molar-refractivity contribution is -0.137. The second-order valence-corrected chi connectivity index (χ2v) is 4.03. The Kier molecular flexibility index (Phi) is 4.34. The molecule has 0 amide bonds. The third kappa shape index (κ3) is 3.35. The van der Waals surface area contributed by atoms with Crippen LogP contribution in [0.3, 0.4) is 0 Å². The average molecular weight is 238 g/mol. The number of aliphatic carboxylic acids is 1. The topological polar surface area (TPSA) is 75.8 Å². The van der Waals surface area contributed by atoms with E-state index in [0.29, 0.717) is 11.3 Å². The van der Waals surface area contributed by atoms with E-state index in [4.69, 9.17) is 15.6 Å². The van der Waals surface area contributed by atoms with Gasteiger partial charge in [0.1, 0.15) is 5.75 Å². The molecular weight excluding hydrogens is 220 g/mol. The molecule has 1 atom stereocenters. The Morgan fingerprint density at radius 2 is 2.18 bits per heavy atom. The van der Waals surface area contributed by atoms with Crippen LogP contribution >= 0.6 is 0 Å². The molecule has 5 heteroatoms. The highest BCUT2D eigenvalue weighted by atomic mass is 16.5. The van der Waals surface area contributed by atoms with Crippen molar-refractivity contribution >= 4 is 11.7 Å². The van der Waals surface area contributed by atoms with Gasteiger partial charge in [-0.25, -0.2) is 0 Å². The fourth-order valence-electron chi connectivity index (χ4n) is 1.58. The van der Waals surface area contributed by atoms with Crippen LogP contribution < -0.4 is 15.4 Å². The molecule has 5 nitrogen and oxygen atoms in total. The summed E-state index contributed by atoms with van der Waals surface area (Å²) in [5.41, 5.74) is 7.51. The minimum atomic E-state index is -0.920. The van der Waals surface area contributed by atoms with E-state index in [1.807, 2.05) is 37.2 Å². The number of carbonyl (C=O) groups is 1. The highest BCUT2D eigenvalue weighted by Crippen LogP contribution is 2.29. The molecule has 0 spiro atoms. The molecule has 0 radical (unpaired) electrons. The molecule has 0 aliphatic carbocycles. The van der Waals surface area contributed by atoms with Crippen LogP contribution in [0.1, 0.15) is 18.0 Å². The zero-order valence-electron chi connectivity index (χ0n) is 10.3. The molecular formula is C12H18N2O3. The normalized spacial score (nSPS) is 12.0. The van der Waals surface area contributed by atoms with Gasteiger partial charge < -0.3 is 20.5 Å². The maximum atomic E-state index is 10.6. The van der Waals surface area contributed by atoms with Crippen molar-refractivity contribution in [3.8, 4) is 5.75 Å². The number of carboxylic acid groups (broad SMARTS) is 1. The summed E-state index contributed by atoms with van der Waals surface area (Å²) in [6.07, 6.45) is -0.113. The molecule has 0 aromatic heterocycles. The number of benzene rings is 1. The van der Waals surface area contributed by atoms with Crippen molar-refractivity contribution in [1.82, 2.24) is 0 Å². The molecule has 0 saturated heterocycles. The monoisotopic (exact) mass is 238 g/mol. The first-order valence-electron chi connectivity index (χ1n) is 5.28. The second-order valence-electron chi connectivity index (χ2n) is 4.03. The van der Waals surface area contributed by atoms with Crippen LogP contribution in [-0.4, -0.2) is 32.3 Å². The van der Waals surface area contributed by atoms with Gasteiger partial charge in [-0.1, -0.05) is 6.07 Å². The molecule has 1 unspecified atom stereocenters. The van der Waals surface area contributed by atoms with Gasteiger partial charge in [0.15, 0.2) is 0 Å². The summed E-state index contributed by atoms with van der Waals surface area (Å²) in [5.74, 6) is -0.304. The minimum absolute atomic E-state index is 0.113. The molecule has 17 heavy (non-hydrogen) atoms. The molecule has 94 valence electrons. The van der Waals surface area contributed by atoms with Crippen molar-refractivity contribution in [2.45, 2.75) is 12.5 Å². The van der Waals surface area contributed by atoms with Crippen LogP contribution in [0.25, 0.3) is 0 Å². The third-order valence-corrected chi connectivity index (χ3v) is 2.53. The van der Waals surface area contributed by atoms with Crippen molar-refractivity contribution < 1.29 is 14.6 Å². The fourth-order valence-corrected chi connectivity index (χ4v) is 1.58. The van der Waals surface area contributed by atoms with Crippen LogP contribution in [-0.2, 0) is 4.79 Å². The zero-order chi connectivity index (χ0) is 13.0. The van der Waals surface area contributed by atoms with Gasteiger partial charge in [0.25, 0.3) is 0 Å². The predicted octanol–water partition coefficient (Wildman–Crippen LogP) is 1.24. The Balaban J connectivity index is 3.03. The quantitative estimate of drug-likeness (QED) is 0.807. The van der Waals surface area contributed by atoms with Crippen molar-refractivity contribution in [2.24, 2.45) is 5.73 Å². The van der Waals surface area contributed by atoms with Crippen LogP contribution in [0, 0.1) is 0 Å². The average Bonchev–Trinajstić information content (AvgIpc) is 2.27. The van der Waals surface area contributed by atoms with Gasteiger partial charge in [0.2, 0.25) is 0 Å². The first kappa shape index (κ1) is 13.3. The van der Waals surface area contributed by atoms with Gasteiger partial charge in [-0.2, -0.15) is 0 Å². The van der Waals surface area contributed by atoms with E-state index in [2.05, 4.69) is 0 Å². The number of hydrogen-bond donors (Lipinski definition) is 2. The number of nitrogens with zero attached hydrogens (tertiary/aromatic N) is 1. The van der Waals surface area contributed by atoms with Gasteiger partial charge in [0.05, 0.1) is 13.5 Å². The number of anilines is 1. The van der Waals surface area contributed by atoms with Crippen molar-refractivity contribution in [3.63, 3.8) is 0 Å². The Bertz CT molecular complexity index is 405. The Hall–Kier alpha value is -1.75. The highest BCUT2D eigenvalue weighted by Gasteiger charge is 2.15. The van der Waals surface area contributed by atoms with Gasteiger partial charge in [-0.15, -0.1) is 0 Å². The maximum absolute atomic E-state index is 10.6. The molecule has 1 rings (SSSR count). The summed E-state index contributed by atoms with van der Waals surface area (Å²) in [4.78, 5) is 12.6. The van der Waals surface area contributed by atoms with E-state index < -0.39 is 12.0 Å². The number of rotatable bonds is 5. The molecule has 1 aromatic rings. The fraction of sp³-hybridized carbons (Fsp3) is 0.417. The summed E-state index contributed by atoms with van der Waals surface area (Å²) < 4.78 is 5.24. The molecule has 0 aliphatic rings. The molecule has 0 fully saturated rings. The lowest BCUT2D eigenvalue weighted by atomic mass is 10.0. The number of carboxylic acids is 1. The van der Waals surface area contributed by atoms with Gasteiger partial charge in [0, 0.05) is 37.5 Å². The molecule has 3 N–H and O–H groups in total. The van der Waals surface area contributed by atoms with Gasteiger partial charge in [-0.05, 0) is 6.07 Å². The summed E-state index contributed by atoms with van der Waals surface area (Å²) in [5, 5.41) is 8.72. The number of ether oxygens (including phenoxy) is 1. The van der Waals surface area contributed by atoms with Crippen molar-refractivity contribution in [2.75, 3.05) is 26.1 Å². The number of hydrogen-bond acceptors (Lipinski definition) is 4. The maximum Gasteiger partial charge on any atom is 0.305 e. The van der Waals surface area contributed by atoms with Gasteiger partial charge >= 0.3 is 5.97 Å². The standard InChI is InChI=1S/C12H18N2O3/c1-14(2)8-4-5-9(11(6-8)17-3)10(13)7-12(15)16/h4-6,10H,7,13H2,1-3H3,(H,15,16). The zero-order valence-corrected chi connectivity index (χ0v) is 10.3. The summed E-state index contributed by atoms with van der Waals surface area (Å²) in [6.45, 7) is 0. The smallest absolute Gasteiger partial charge is 0.305 e. The molecule has 1 aromatic carbocycles. The Morgan fingerprint density at radius 1 is 1.53 bits per heavy atom. The van der Waals surface area contributed by atoms with Crippen LogP contribution in [0.5, 0.6) is 5.75 Å². The SMILES string of the molecule is COc1cc(N(C)C)ccc1C(N)CC(=O)O. The molecule has 0 heterocycles. The van der Waals surface area contributed by atoms with Gasteiger partial charge in [-0.3, -0.25) is 4.79 Å². The van der Waals surface area contributed by atoms with E-state index in [0.717, 1.165) is 5.69 Å². The first-order chi connectivity index (χ1) is 7.95. The van der Waals surface area contributed by atoms with Crippen LogP contribution in [0.4, 0.5) is 5.69 Å². The number of nitrogens with two attached hydrogens (primary N) is 1. The molecule has 0 saturated carbocycles. The van der Waals surface area contributed by atoms with E-state index in [-0.39, 0.29) is 6.42 Å². The molecule has 0 aliphatic heterocycles. The Morgan fingerprint density at radius 3 is 2.65 bits per heavy atom. The van der Waals surface area contributed by atoms with Crippen molar-refractivity contribution in [1.29, 1.82) is 0 Å². The summed E-state index contributed by atoms with van der Waals surface area (Å²) >= 11 is 0. The third-order valence-electron chi connectivity index (χ3n) is 2.53. The number of methoxy groups -OCH3 is 1. The predicted molar refractivity (Wildman–Crippen MR) is 66.5 cm³/mol. The second kappa shape index (κ2) is 5.54. The van der Waals surface area contributed by atoms with E-state index in [1.165, 1.54) is 0 Å². The lowest BCUT2D eigenvalue weighted by Gasteiger charge is -2.18. The van der Waals surface area contributed by atoms with Crippen LogP contribution in [0.15, 0.2) is 18.2 Å². The van der Waals surface area contributed by atoms with Crippen molar-refractivity contribution in [3.05, 3.63) is 23.8 Å². The van der Waals surface area contributed by atoms with E-state index in [9.17, 15) is 4.79 Å². The largest absolute Gasteiger partial charge is 0.496 e. The van der Waals surface area contributed by atoms with Crippen LogP contribution in [0.2, 0.25) is 0 Å². The summed E-state index contributed by atoms with van der Waals surface area (Å²) in [7, 11) is 5.39. The van der Waals surface area contributed by atoms with E-state index in [1.54, 1.807) is 7.11 Å². The summed E-state index contributed by atoms with van der Waals surface area (Å²) in [6, 6.07) is 4.98. The first-order valence-corrected chi connectivity index (χ1v) is 5.28. The Labute approximate surface area is 101 Å². The highest BCUT2D eigenvalue weighted by molar-refractivity contribution is 5.68. The molecule has 0 bridgehead atoms. The minimum Gasteiger partial charge on any atom is -0.496 e. The van der Waals surface area contributed by atoms with E-state index >= 15 is 0 Å². The lowest BCUT2D eigenvalue weighted by Crippen LogP contribution is -2.16.